The number of amides is 2. The normalized spacial score (nSPS) is 16.5. The number of aryl methyl sites for hydroxylation is 1. The van der Waals surface area contributed by atoms with Crippen molar-refractivity contribution in [2.75, 3.05) is 11.9 Å². The quantitative estimate of drug-likeness (QED) is 0.729. The van der Waals surface area contributed by atoms with E-state index in [1.54, 1.807) is 4.68 Å². The maximum atomic E-state index is 13.0. The number of hydrogen-bond donors (Lipinski definition) is 2. The number of fused-ring (bicyclic) bond motifs is 1. The van der Waals surface area contributed by atoms with E-state index in [0.717, 1.165) is 23.4 Å². The lowest BCUT2D eigenvalue weighted by molar-refractivity contribution is 0.205. The lowest BCUT2D eigenvalue weighted by Gasteiger charge is -2.30. The molecular weight excluding hydrogens is 356 g/mol. The number of carbonyl (C=O) groups excluding carboxylic acids is 1. The van der Waals surface area contributed by atoms with Crippen LogP contribution in [-0.2, 0) is 13.0 Å². The Balaban J connectivity index is 1.37. The minimum absolute atomic E-state index is 0.119. The van der Waals surface area contributed by atoms with Crippen LogP contribution in [0.5, 0.6) is 0 Å². The van der Waals surface area contributed by atoms with E-state index in [0.29, 0.717) is 24.7 Å². The molecule has 144 valence electrons. The van der Waals surface area contributed by atoms with Gasteiger partial charge in [0.2, 0.25) is 0 Å². The maximum absolute atomic E-state index is 13.0. The Morgan fingerprint density at radius 3 is 2.96 bits per heavy atom. The molecule has 2 aliphatic rings. The molecule has 1 aliphatic carbocycles. The summed E-state index contributed by atoms with van der Waals surface area (Å²) >= 11 is 0. The number of rotatable bonds is 3. The van der Waals surface area contributed by atoms with Crippen LogP contribution in [0.15, 0.2) is 24.5 Å². The molecule has 2 amide bonds. The topological polar surface area (TPSA) is 105 Å². The van der Waals surface area contributed by atoms with Crippen molar-refractivity contribution >= 4 is 11.7 Å². The molecule has 0 radical (unpaired) electrons. The SMILES string of the molecule is Cc1ccc(-n2cnnn2)c(NC(=O)N2CCc3[nH]nc(C4CCC4)c3C2)c1. The Bertz CT molecular complexity index is 1010. The van der Waals surface area contributed by atoms with E-state index < -0.39 is 0 Å². The molecule has 2 N–H and O–H groups in total. The zero-order valence-corrected chi connectivity index (χ0v) is 15.7. The molecule has 5 rings (SSSR count). The fourth-order valence-electron chi connectivity index (χ4n) is 3.93. The lowest BCUT2D eigenvalue weighted by atomic mass is 9.81. The van der Waals surface area contributed by atoms with Gasteiger partial charge in [-0.05, 0) is 47.9 Å². The first kappa shape index (κ1) is 16.9. The molecule has 2 aromatic heterocycles. The van der Waals surface area contributed by atoms with Crippen LogP contribution in [0.4, 0.5) is 10.5 Å². The third-order valence-corrected chi connectivity index (χ3v) is 5.73. The van der Waals surface area contributed by atoms with Gasteiger partial charge in [-0.2, -0.15) is 9.78 Å². The smallest absolute Gasteiger partial charge is 0.320 e. The monoisotopic (exact) mass is 378 g/mol. The molecule has 0 saturated heterocycles. The fourth-order valence-corrected chi connectivity index (χ4v) is 3.93. The number of carbonyl (C=O) groups is 1. The Kier molecular flexibility index (Phi) is 4.07. The largest absolute Gasteiger partial charge is 0.322 e. The second-order valence-electron chi connectivity index (χ2n) is 7.57. The molecule has 1 aromatic carbocycles. The third kappa shape index (κ3) is 2.92. The highest BCUT2D eigenvalue weighted by molar-refractivity contribution is 5.91. The zero-order chi connectivity index (χ0) is 19.1. The van der Waals surface area contributed by atoms with E-state index in [9.17, 15) is 4.79 Å². The molecule has 1 fully saturated rings. The molecule has 9 nitrogen and oxygen atoms in total. The van der Waals surface area contributed by atoms with Crippen LogP contribution in [0, 0.1) is 6.92 Å². The van der Waals surface area contributed by atoms with E-state index in [1.807, 2.05) is 30.0 Å². The summed E-state index contributed by atoms with van der Waals surface area (Å²) in [7, 11) is 0. The Hall–Kier alpha value is -3.23. The van der Waals surface area contributed by atoms with Gasteiger partial charge < -0.3 is 10.2 Å². The van der Waals surface area contributed by atoms with Crippen LogP contribution in [0.1, 0.15) is 47.7 Å². The number of tetrazole rings is 1. The van der Waals surface area contributed by atoms with Crippen LogP contribution in [0.2, 0.25) is 0 Å². The van der Waals surface area contributed by atoms with Gasteiger partial charge in [0.15, 0.2) is 0 Å². The van der Waals surface area contributed by atoms with Crippen molar-refractivity contribution in [1.29, 1.82) is 0 Å². The number of benzene rings is 1. The Labute approximate surface area is 162 Å². The van der Waals surface area contributed by atoms with Gasteiger partial charge in [0.25, 0.3) is 0 Å². The second-order valence-corrected chi connectivity index (χ2v) is 7.57. The number of nitrogens with one attached hydrogen (secondary N) is 2. The minimum atomic E-state index is -0.119. The highest BCUT2D eigenvalue weighted by Crippen LogP contribution is 2.38. The summed E-state index contributed by atoms with van der Waals surface area (Å²) in [5.74, 6) is 0.547. The lowest BCUT2D eigenvalue weighted by Crippen LogP contribution is -2.39. The van der Waals surface area contributed by atoms with Crippen molar-refractivity contribution in [3.8, 4) is 5.69 Å². The molecule has 1 saturated carbocycles. The predicted molar refractivity (Wildman–Crippen MR) is 102 cm³/mol. The average Bonchev–Trinajstić information content (AvgIpc) is 3.31. The fraction of sp³-hybridized carbons (Fsp3) is 0.421. The summed E-state index contributed by atoms with van der Waals surface area (Å²) in [5.41, 5.74) is 6.01. The highest BCUT2D eigenvalue weighted by atomic mass is 16.2. The van der Waals surface area contributed by atoms with Crippen LogP contribution in [0.3, 0.4) is 0 Å². The van der Waals surface area contributed by atoms with Crippen LogP contribution >= 0.6 is 0 Å². The van der Waals surface area contributed by atoms with E-state index in [1.165, 1.54) is 36.8 Å². The number of urea groups is 1. The highest BCUT2D eigenvalue weighted by Gasteiger charge is 2.31. The van der Waals surface area contributed by atoms with E-state index in [-0.39, 0.29) is 6.03 Å². The van der Waals surface area contributed by atoms with Gasteiger partial charge in [0, 0.05) is 30.1 Å². The number of aromatic amines is 1. The first-order valence-electron chi connectivity index (χ1n) is 9.65. The van der Waals surface area contributed by atoms with E-state index >= 15 is 0 Å². The van der Waals surface area contributed by atoms with Crippen molar-refractivity contribution in [2.24, 2.45) is 0 Å². The van der Waals surface area contributed by atoms with Crippen molar-refractivity contribution in [3.05, 3.63) is 47.0 Å². The van der Waals surface area contributed by atoms with E-state index in [2.05, 4.69) is 31.0 Å². The molecule has 28 heavy (non-hydrogen) atoms. The number of H-pyrrole nitrogens is 1. The number of hydrogen-bond acceptors (Lipinski definition) is 5. The summed E-state index contributed by atoms with van der Waals surface area (Å²) in [5, 5.41) is 22.1. The molecule has 0 spiro atoms. The molecule has 1 aliphatic heterocycles. The van der Waals surface area contributed by atoms with Crippen LogP contribution in [-0.4, -0.2) is 47.9 Å². The third-order valence-electron chi connectivity index (χ3n) is 5.73. The van der Waals surface area contributed by atoms with Crippen molar-refractivity contribution in [1.82, 2.24) is 35.3 Å². The number of aromatic nitrogens is 6. The minimum Gasteiger partial charge on any atom is -0.320 e. The van der Waals surface area contributed by atoms with E-state index in [4.69, 9.17) is 0 Å². The first-order valence-corrected chi connectivity index (χ1v) is 9.65. The van der Waals surface area contributed by atoms with Crippen molar-refractivity contribution in [2.45, 2.75) is 45.1 Å². The van der Waals surface area contributed by atoms with Gasteiger partial charge >= 0.3 is 6.03 Å². The van der Waals surface area contributed by atoms with Gasteiger partial charge in [-0.1, -0.05) is 12.5 Å². The standard InChI is InChI=1S/C19H22N8O/c1-12-5-6-17(27-11-20-24-25-27)16(9-12)21-19(28)26-8-7-15-14(10-26)18(23-22-15)13-3-2-4-13/h5-6,9,11,13H,2-4,7-8,10H2,1H3,(H,21,28)(H,22,23). The van der Waals surface area contributed by atoms with Crippen LogP contribution in [0.25, 0.3) is 5.69 Å². The molecule has 0 atom stereocenters. The van der Waals surface area contributed by atoms with Gasteiger partial charge in [-0.3, -0.25) is 5.10 Å². The maximum Gasteiger partial charge on any atom is 0.322 e. The molecular formula is C19H22N8O. The van der Waals surface area contributed by atoms with Crippen molar-refractivity contribution < 1.29 is 4.79 Å². The van der Waals surface area contributed by atoms with Crippen molar-refractivity contribution in [3.63, 3.8) is 0 Å². The summed E-state index contributed by atoms with van der Waals surface area (Å²) in [4.78, 5) is 14.9. The summed E-state index contributed by atoms with van der Waals surface area (Å²) in [6.45, 7) is 3.25. The molecule has 3 heterocycles. The zero-order valence-electron chi connectivity index (χ0n) is 15.7. The van der Waals surface area contributed by atoms with Gasteiger partial charge in [0.05, 0.1) is 23.6 Å². The average molecular weight is 378 g/mol. The summed E-state index contributed by atoms with van der Waals surface area (Å²) in [6, 6.07) is 5.68. The second kappa shape index (κ2) is 6.74. The summed E-state index contributed by atoms with van der Waals surface area (Å²) in [6.07, 6.45) is 5.98. The molecule has 0 unspecified atom stereocenters. The van der Waals surface area contributed by atoms with Crippen LogP contribution < -0.4 is 5.32 Å². The number of nitrogens with zero attached hydrogens (tertiary/aromatic N) is 6. The number of anilines is 1. The molecule has 3 aromatic rings. The van der Waals surface area contributed by atoms with Gasteiger partial charge in [-0.25, -0.2) is 4.79 Å². The molecule has 0 bridgehead atoms. The predicted octanol–water partition coefficient (Wildman–Crippen LogP) is 2.55. The first-order chi connectivity index (χ1) is 13.7. The van der Waals surface area contributed by atoms with Gasteiger partial charge in [0.1, 0.15) is 6.33 Å². The van der Waals surface area contributed by atoms with Gasteiger partial charge in [-0.15, -0.1) is 5.10 Å². The Morgan fingerprint density at radius 1 is 1.32 bits per heavy atom. The Morgan fingerprint density at radius 2 is 2.21 bits per heavy atom. The summed E-state index contributed by atoms with van der Waals surface area (Å²) < 4.78 is 1.55. The molecule has 9 heteroatoms.